The fraction of sp³-hybridized carbons (Fsp3) is 0.364. The summed E-state index contributed by atoms with van der Waals surface area (Å²) in [5.41, 5.74) is 0.808. The van der Waals surface area contributed by atoms with E-state index in [1.54, 1.807) is 0 Å². The lowest BCUT2D eigenvalue weighted by Gasteiger charge is -2.46. The number of ether oxygens (including phenoxy) is 1. The van der Waals surface area contributed by atoms with Crippen molar-refractivity contribution in [1.29, 1.82) is 5.26 Å². The molecule has 2 aromatic rings. The molecule has 1 saturated carbocycles. The normalized spacial score (nSPS) is 27.2. The number of aliphatic imine (C=N–C) groups is 1. The summed E-state index contributed by atoms with van der Waals surface area (Å²) in [7, 11) is 0. The van der Waals surface area contributed by atoms with E-state index >= 15 is 0 Å². The first kappa shape index (κ1) is 23.4. The first-order chi connectivity index (χ1) is 16.1. The van der Waals surface area contributed by atoms with E-state index in [4.69, 9.17) is 15.7 Å². The third-order valence-corrected chi connectivity index (χ3v) is 6.14. The number of nitrogens with zero attached hydrogens (tertiary/aromatic N) is 3. The second-order valence-corrected chi connectivity index (χ2v) is 8.29. The van der Waals surface area contributed by atoms with Crippen LogP contribution in [0.25, 0.3) is 0 Å². The van der Waals surface area contributed by atoms with Crippen LogP contribution in [0.15, 0.2) is 41.5 Å². The quantitative estimate of drug-likeness (QED) is 0.637. The molecule has 1 aliphatic heterocycles. The van der Waals surface area contributed by atoms with Crippen LogP contribution in [0.2, 0.25) is 0 Å². The molecule has 0 saturated heterocycles. The standard InChI is InChI=1S/C22H18F5N5O2/c23-10-20-9-21(26,27)6-17(20)22(11-24,32-19(29)34-20)14-5-13(2-3-15(14)25)31-18(33)16-4-1-12(7-28)8-30-16/h1-5,8,17H,6,9-11H2,(H2,29,32)(H,31,33)/t17-,20-,22+/m1/s1. The van der Waals surface area contributed by atoms with Crippen LogP contribution in [0, 0.1) is 23.1 Å². The van der Waals surface area contributed by atoms with Crippen LogP contribution in [-0.4, -0.2) is 41.8 Å². The van der Waals surface area contributed by atoms with Crippen LogP contribution in [0.4, 0.5) is 27.6 Å². The molecule has 1 aliphatic carbocycles. The molecule has 3 atom stereocenters. The number of fused-ring (bicyclic) bond motifs is 1. The Morgan fingerprint density at radius 1 is 1.26 bits per heavy atom. The third kappa shape index (κ3) is 3.81. The summed E-state index contributed by atoms with van der Waals surface area (Å²) in [6, 6.07) is 6.89. The van der Waals surface area contributed by atoms with E-state index in [1.807, 2.05) is 6.07 Å². The highest BCUT2D eigenvalue weighted by Crippen LogP contribution is 2.58. The van der Waals surface area contributed by atoms with E-state index in [1.165, 1.54) is 24.4 Å². The zero-order valence-corrected chi connectivity index (χ0v) is 17.5. The molecule has 178 valence electrons. The lowest BCUT2D eigenvalue weighted by Crippen LogP contribution is -2.57. The van der Waals surface area contributed by atoms with Gasteiger partial charge in [0.15, 0.2) is 5.60 Å². The van der Waals surface area contributed by atoms with Crippen molar-refractivity contribution in [2.45, 2.75) is 29.9 Å². The van der Waals surface area contributed by atoms with Crippen molar-refractivity contribution >= 4 is 17.6 Å². The summed E-state index contributed by atoms with van der Waals surface area (Å²) >= 11 is 0. The fourth-order valence-corrected chi connectivity index (χ4v) is 4.67. The average molecular weight is 479 g/mol. The Bertz CT molecular complexity index is 1200. The Kier molecular flexibility index (Phi) is 5.67. The molecule has 2 aliphatic rings. The van der Waals surface area contributed by atoms with Crippen LogP contribution >= 0.6 is 0 Å². The lowest BCUT2D eigenvalue weighted by atomic mass is 9.71. The Hall–Kier alpha value is -3.75. The average Bonchev–Trinajstić information content (AvgIpc) is 3.10. The molecule has 3 N–H and O–H groups in total. The molecule has 1 amide bonds. The van der Waals surface area contributed by atoms with Gasteiger partial charge in [-0.1, -0.05) is 0 Å². The molecule has 1 aromatic heterocycles. The monoisotopic (exact) mass is 479 g/mol. The van der Waals surface area contributed by atoms with E-state index in [0.29, 0.717) is 0 Å². The van der Waals surface area contributed by atoms with Gasteiger partial charge in [-0.05, 0) is 30.3 Å². The van der Waals surface area contributed by atoms with Crippen LogP contribution in [0.3, 0.4) is 0 Å². The molecule has 34 heavy (non-hydrogen) atoms. The topological polar surface area (TPSA) is 113 Å². The van der Waals surface area contributed by atoms with Gasteiger partial charge in [0.25, 0.3) is 17.9 Å². The van der Waals surface area contributed by atoms with E-state index < -0.39 is 72.5 Å². The number of halogens is 5. The maximum Gasteiger partial charge on any atom is 0.283 e. The third-order valence-electron chi connectivity index (χ3n) is 6.14. The van der Waals surface area contributed by atoms with Gasteiger partial charge in [-0.3, -0.25) is 4.79 Å². The van der Waals surface area contributed by atoms with Crippen LogP contribution in [0.1, 0.15) is 34.5 Å². The van der Waals surface area contributed by atoms with Gasteiger partial charge in [-0.15, -0.1) is 0 Å². The Morgan fingerprint density at radius 2 is 2.03 bits per heavy atom. The zero-order valence-electron chi connectivity index (χ0n) is 17.5. The molecular formula is C22H18F5N5O2. The molecule has 0 spiro atoms. The number of hydrogen-bond acceptors (Lipinski definition) is 6. The number of pyridine rings is 1. The summed E-state index contributed by atoms with van der Waals surface area (Å²) in [5, 5.41) is 11.3. The van der Waals surface area contributed by atoms with E-state index in [0.717, 1.165) is 12.1 Å². The highest BCUT2D eigenvalue weighted by Gasteiger charge is 2.68. The van der Waals surface area contributed by atoms with Gasteiger partial charge in [0, 0.05) is 29.8 Å². The van der Waals surface area contributed by atoms with Crippen molar-refractivity contribution < 1.29 is 31.5 Å². The summed E-state index contributed by atoms with van der Waals surface area (Å²) in [6.07, 6.45) is -0.885. The maximum atomic E-state index is 15.0. The minimum atomic E-state index is -3.42. The molecule has 0 radical (unpaired) electrons. The number of benzene rings is 1. The molecule has 4 rings (SSSR count). The van der Waals surface area contributed by atoms with Crippen molar-refractivity contribution in [3.05, 3.63) is 59.2 Å². The number of carbonyl (C=O) groups excluding carboxylic acids is 1. The van der Waals surface area contributed by atoms with Crippen molar-refractivity contribution in [2.24, 2.45) is 16.6 Å². The van der Waals surface area contributed by atoms with E-state index in [-0.39, 0.29) is 16.9 Å². The first-order valence-corrected chi connectivity index (χ1v) is 10.1. The number of nitrogens with one attached hydrogen (secondary N) is 1. The number of alkyl halides is 4. The van der Waals surface area contributed by atoms with E-state index in [9.17, 15) is 26.7 Å². The van der Waals surface area contributed by atoms with Crippen molar-refractivity contribution in [3.63, 3.8) is 0 Å². The van der Waals surface area contributed by atoms with Crippen LogP contribution in [-0.2, 0) is 10.3 Å². The maximum absolute atomic E-state index is 15.0. The number of amidine groups is 1. The highest BCUT2D eigenvalue weighted by atomic mass is 19.3. The van der Waals surface area contributed by atoms with Gasteiger partial charge in [-0.25, -0.2) is 31.9 Å². The summed E-state index contributed by atoms with van der Waals surface area (Å²) < 4.78 is 77.5. The summed E-state index contributed by atoms with van der Waals surface area (Å²) in [4.78, 5) is 20.2. The molecule has 2 heterocycles. The zero-order chi connectivity index (χ0) is 24.7. The second kappa shape index (κ2) is 8.23. The number of nitrogens with two attached hydrogens (primary N) is 1. The number of nitriles is 1. The number of carbonyl (C=O) groups is 1. The molecule has 0 bridgehead atoms. The molecular weight excluding hydrogens is 461 g/mol. The van der Waals surface area contributed by atoms with Crippen molar-refractivity contribution in [2.75, 3.05) is 18.7 Å². The van der Waals surface area contributed by atoms with Crippen LogP contribution in [0.5, 0.6) is 0 Å². The Balaban J connectivity index is 1.75. The fourth-order valence-electron chi connectivity index (χ4n) is 4.67. The second-order valence-electron chi connectivity index (χ2n) is 8.29. The summed E-state index contributed by atoms with van der Waals surface area (Å²) in [6.45, 7) is -2.88. The van der Waals surface area contributed by atoms with Gasteiger partial charge in [-0.2, -0.15) is 5.26 Å². The number of rotatable bonds is 5. The molecule has 7 nitrogen and oxygen atoms in total. The Morgan fingerprint density at radius 3 is 2.65 bits per heavy atom. The molecule has 1 aromatic carbocycles. The molecule has 1 fully saturated rings. The van der Waals surface area contributed by atoms with Crippen molar-refractivity contribution in [3.8, 4) is 6.07 Å². The highest BCUT2D eigenvalue weighted by molar-refractivity contribution is 6.02. The SMILES string of the molecule is N#Cc1ccc(C(=O)Nc2ccc(F)c([C@]3(CF)N=C(N)O[C@@]4(CF)CC(F)(F)C[C@H]43)c2)nc1. The number of anilines is 1. The lowest BCUT2D eigenvalue weighted by molar-refractivity contribution is -0.0693. The number of hydrogen-bond donors (Lipinski definition) is 2. The minimum Gasteiger partial charge on any atom is -0.455 e. The van der Waals surface area contributed by atoms with Gasteiger partial charge >= 0.3 is 0 Å². The smallest absolute Gasteiger partial charge is 0.283 e. The van der Waals surface area contributed by atoms with Crippen molar-refractivity contribution in [1.82, 2.24) is 4.98 Å². The minimum absolute atomic E-state index is 0.0174. The molecule has 0 unspecified atom stereocenters. The predicted octanol–water partition coefficient (Wildman–Crippen LogP) is 3.61. The molecule has 12 heteroatoms. The van der Waals surface area contributed by atoms with Gasteiger partial charge in [0.2, 0.25) is 0 Å². The Labute approximate surface area is 190 Å². The largest absolute Gasteiger partial charge is 0.455 e. The van der Waals surface area contributed by atoms with Gasteiger partial charge < -0.3 is 15.8 Å². The number of amides is 1. The number of aromatic nitrogens is 1. The van der Waals surface area contributed by atoms with Crippen LogP contribution < -0.4 is 11.1 Å². The predicted molar refractivity (Wildman–Crippen MR) is 110 cm³/mol. The van der Waals surface area contributed by atoms with Gasteiger partial charge in [0.05, 0.1) is 12.0 Å². The van der Waals surface area contributed by atoms with Gasteiger partial charge in [0.1, 0.15) is 36.5 Å². The summed E-state index contributed by atoms with van der Waals surface area (Å²) in [5.74, 6) is -6.72. The first-order valence-electron chi connectivity index (χ1n) is 10.1. The van der Waals surface area contributed by atoms with E-state index in [2.05, 4.69) is 15.3 Å².